The molecule has 0 amide bonds. The molecule has 0 bridgehead atoms. The summed E-state index contributed by atoms with van der Waals surface area (Å²) >= 11 is 5.20. The van der Waals surface area contributed by atoms with Crippen LogP contribution in [0.1, 0.15) is 0 Å². The van der Waals surface area contributed by atoms with Crippen LogP contribution in [0.25, 0.3) is 0 Å². The molecule has 0 aliphatic carbocycles. The van der Waals surface area contributed by atoms with Crippen molar-refractivity contribution < 1.29 is 39.5 Å². The number of thiol groups is 1. The number of carboxylic acids is 1. The predicted octanol–water partition coefficient (Wildman–Crippen LogP) is -3.39. The molecule has 1 aromatic heterocycles. The van der Waals surface area contributed by atoms with Crippen molar-refractivity contribution >= 4 is 35.1 Å². The zero-order chi connectivity index (χ0) is 8.97. The molecule has 0 radical (unpaired) electrons. The largest absolute Gasteiger partial charge is 1.00 e. The first-order valence-corrected chi connectivity index (χ1v) is 4.73. The van der Waals surface area contributed by atoms with Gasteiger partial charge in [0.25, 0.3) is 0 Å². The normalized spacial score (nSPS) is 11.5. The number of rotatable bonds is 4. The Hall–Kier alpha value is 0.250. The molecule has 1 N–H and O–H groups in total. The molecule has 0 aliphatic heterocycles. The first-order chi connectivity index (χ1) is 5.74. The van der Waals surface area contributed by atoms with E-state index in [1.54, 1.807) is 11.6 Å². The van der Waals surface area contributed by atoms with Crippen LogP contribution in [0.15, 0.2) is 11.6 Å². The Kier molecular flexibility index (Phi) is 6.79. The van der Waals surface area contributed by atoms with Crippen LogP contribution in [-0.4, -0.2) is 22.7 Å². The number of aliphatic carboxylic acids is 1. The Labute approximate surface area is 107 Å². The van der Waals surface area contributed by atoms with Gasteiger partial charge >= 0.3 is 29.6 Å². The molecule has 1 rings (SSSR count). The van der Waals surface area contributed by atoms with E-state index in [1.807, 2.05) is 0 Å². The summed E-state index contributed by atoms with van der Waals surface area (Å²) in [5.41, 5.74) is 0. The monoisotopic (exact) mass is 226 g/mol. The van der Waals surface area contributed by atoms with Crippen molar-refractivity contribution in [3.63, 3.8) is 0 Å². The standard InChI is InChI=1S/C6H8N2O2S2.Na/c9-5(10)4(3-11)8-6-7-1-2-12-6;/h1-2,4,11H,3H2,(H,7,8)(H,9,10);/q;+1/p-1/t4-;/m1./s1. The van der Waals surface area contributed by atoms with Gasteiger partial charge in [-0.2, -0.15) is 12.6 Å². The van der Waals surface area contributed by atoms with Gasteiger partial charge in [-0.25, -0.2) is 4.98 Å². The molecule has 0 aliphatic rings. The van der Waals surface area contributed by atoms with Gasteiger partial charge in [-0.15, -0.1) is 11.3 Å². The fourth-order valence-electron chi connectivity index (χ4n) is 0.623. The Morgan fingerprint density at radius 2 is 2.54 bits per heavy atom. The average Bonchev–Trinajstić information content (AvgIpc) is 2.51. The Bertz CT molecular complexity index is 255. The summed E-state index contributed by atoms with van der Waals surface area (Å²) in [6.45, 7) is 0. The summed E-state index contributed by atoms with van der Waals surface area (Å²) in [5, 5.41) is 15.4. The zero-order valence-electron chi connectivity index (χ0n) is 7.06. The molecule has 1 atom stereocenters. The van der Waals surface area contributed by atoms with E-state index in [0.717, 1.165) is 0 Å². The number of hydrogen-bond acceptors (Lipinski definition) is 6. The Morgan fingerprint density at radius 1 is 1.85 bits per heavy atom. The van der Waals surface area contributed by atoms with E-state index < -0.39 is 12.0 Å². The summed E-state index contributed by atoms with van der Waals surface area (Å²) < 4.78 is 0. The van der Waals surface area contributed by atoms with Gasteiger partial charge in [0.2, 0.25) is 0 Å². The van der Waals surface area contributed by atoms with Crippen LogP contribution in [0, 0.1) is 0 Å². The van der Waals surface area contributed by atoms with Gasteiger partial charge in [0.1, 0.15) is 0 Å². The van der Waals surface area contributed by atoms with Crippen molar-refractivity contribution in [3.8, 4) is 0 Å². The smallest absolute Gasteiger partial charge is 0.548 e. The summed E-state index contributed by atoms with van der Waals surface area (Å²) in [5.74, 6) is -0.984. The van der Waals surface area contributed by atoms with E-state index in [9.17, 15) is 9.90 Å². The molecule has 0 aromatic carbocycles. The van der Waals surface area contributed by atoms with Crippen molar-refractivity contribution in [2.75, 3.05) is 11.1 Å². The number of hydrogen-bond donors (Lipinski definition) is 2. The molecule has 0 fully saturated rings. The van der Waals surface area contributed by atoms with Gasteiger partial charge in [0.15, 0.2) is 5.13 Å². The molecule has 4 nitrogen and oxygen atoms in total. The number of carbonyl (C=O) groups excluding carboxylic acids is 1. The number of nitrogens with zero attached hydrogens (tertiary/aromatic N) is 1. The molecule has 0 saturated heterocycles. The third-order valence-corrected chi connectivity index (χ3v) is 2.27. The van der Waals surface area contributed by atoms with Crippen molar-refractivity contribution in [1.82, 2.24) is 4.98 Å². The van der Waals surface area contributed by atoms with Crippen molar-refractivity contribution in [2.24, 2.45) is 0 Å². The van der Waals surface area contributed by atoms with Crippen LogP contribution < -0.4 is 40.0 Å². The summed E-state index contributed by atoms with van der Waals surface area (Å²) in [4.78, 5) is 14.3. The van der Waals surface area contributed by atoms with Crippen LogP contribution in [0.5, 0.6) is 0 Å². The van der Waals surface area contributed by atoms with Gasteiger partial charge in [-0.3, -0.25) is 0 Å². The van der Waals surface area contributed by atoms with E-state index in [0.29, 0.717) is 5.13 Å². The molecule has 1 aromatic rings. The molecule has 0 saturated carbocycles. The van der Waals surface area contributed by atoms with Gasteiger partial charge in [-0.05, 0) is 0 Å². The molecule has 1 heterocycles. The second-order valence-corrected chi connectivity index (χ2v) is 3.30. The van der Waals surface area contributed by atoms with Crippen LogP contribution in [-0.2, 0) is 4.79 Å². The van der Waals surface area contributed by atoms with Gasteiger partial charge in [0.05, 0.1) is 12.0 Å². The summed E-state index contributed by atoms with van der Waals surface area (Å²) in [6, 6.07) is -0.778. The number of thiazole rings is 1. The quantitative estimate of drug-likeness (QED) is 0.415. The number of carboxylic acid groups (broad SMARTS) is 1. The molecular formula is C6H7N2NaO2S2. The number of anilines is 1. The predicted molar refractivity (Wildman–Crippen MR) is 48.4 cm³/mol. The number of aromatic nitrogens is 1. The minimum Gasteiger partial charge on any atom is -0.548 e. The van der Waals surface area contributed by atoms with Gasteiger partial charge < -0.3 is 15.2 Å². The third kappa shape index (κ3) is 4.33. The van der Waals surface area contributed by atoms with Crippen molar-refractivity contribution in [3.05, 3.63) is 11.6 Å². The number of carbonyl (C=O) groups is 1. The maximum atomic E-state index is 10.4. The molecule has 7 heteroatoms. The third-order valence-electron chi connectivity index (χ3n) is 1.20. The SMILES string of the molecule is O=C([O-])[C@@H](CS)Nc1nccs1.[Na+]. The second kappa shape index (κ2) is 6.67. The van der Waals surface area contributed by atoms with Crippen LogP contribution in [0.2, 0.25) is 0 Å². The molecule has 66 valence electrons. The molecule has 13 heavy (non-hydrogen) atoms. The fourth-order valence-corrected chi connectivity index (χ4v) is 1.45. The van der Waals surface area contributed by atoms with Crippen LogP contribution >= 0.6 is 24.0 Å². The van der Waals surface area contributed by atoms with Crippen LogP contribution in [0.3, 0.4) is 0 Å². The fraction of sp³-hybridized carbons (Fsp3) is 0.333. The number of nitrogens with one attached hydrogen (secondary N) is 1. The summed E-state index contributed by atoms with van der Waals surface area (Å²) in [7, 11) is 0. The van der Waals surface area contributed by atoms with E-state index in [-0.39, 0.29) is 35.3 Å². The molecular weight excluding hydrogens is 219 g/mol. The minimum absolute atomic E-state index is 0. The van der Waals surface area contributed by atoms with E-state index >= 15 is 0 Å². The van der Waals surface area contributed by atoms with E-state index in [2.05, 4.69) is 22.9 Å². The first-order valence-electron chi connectivity index (χ1n) is 3.22. The second-order valence-electron chi connectivity index (χ2n) is 2.04. The van der Waals surface area contributed by atoms with Crippen LogP contribution in [0.4, 0.5) is 5.13 Å². The van der Waals surface area contributed by atoms with E-state index in [4.69, 9.17) is 0 Å². The topological polar surface area (TPSA) is 65.0 Å². The maximum Gasteiger partial charge on any atom is 1.00 e. The van der Waals surface area contributed by atoms with Gasteiger partial charge in [-0.1, -0.05) is 0 Å². The molecule has 0 unspecified atom stereocenters. The summed E-state index contributed by atoms with van der Waals surface area (Å²) in [6.07, 6.45) is 1.60. The first kappa shape index (κ1) is 13.2. The molecule has 0 spiro atoms. The van der Waals surface area contributed by atoms with Gasteiger partial charge in [0, 0.05) is 17.3 Å². The van der Waals surface area contributed by atoms with Crippen molar-refractivity contribution in [1.29, 1.82) is 0 Å². The Balaban J connectivity index is 0.00000144. The average molecular weight is 226 g/mol. The zero-order valence-corrected chi connectivity index (χ0v) is 10.8. The minimum atomic E-state index is -1.17. The van der Waals surface area contributed by atoms with Crippen molar-refractivity contribution in [2.45, 2.75) is 6.04 Å². The Morgan fingerprint density at radius 3 is 2.92 bits per heavy atom. The van der Waals surface area contributed by atoms with E-state index in [1.165, 1.54) is 11.3 Å². The maximum absolute atomic E-state index is 10.4.